The van der Waals surface area contributed by atoms with Crippen LogP contribution in [0.4, 0.5) is 16.5 Å². The van der Waals surface area contributed by atoms with Crippen molar-refractivity contribution in [3.8, 4) is 11.8 Å². The topological polar surface area (TPSA) is 90.9 Å². The second kappa shape index (κ2) is 15.1. The SMILES string of the molecule is CCN(CCCCCCCCOc1ccc(CC#N)cc1)c1ccc(N=Nc2nc3sc(C=O)cc3s2)cc1. The number of nitrogens with zero attached hydrogens (tertiary/aromatic N) is 5. The molecular formula is C30H33N5O2S2. The minimum absolute atomic E-state index is 0.440. The van der Waals surface area contributed by atoms with Gasteiger partial charge in [0.1, 0.15) is 10.6 Å². The van der Waals surface area contributed by atoms with Crippen LogP contribution in [-0.4, -0.2) is 31.0 Å². The Balaban J connectivity index is 1.10. The lowest BCUT2D eigenvalue weighted by Crippen LogP contribution is -2.23. The van der Waals surface area contributed by atoms with Crippen molar-refractivity contribution in [1.29, 1.82) is 5.26 Å². The predicted octanol–water partition coefficient (Wildman–Crippen LogP) is 8.90. The van der Waals surface area contributed by atoms with Crippen molar-refractivity contribution >= 4 is 55.0 Å². The lowest BCUT2D eigenvalue weighted by molar-refractivity contribution is 0.112. The van der Waals surface area contributed by atoms with E-state index in [9.17, 15) is 4.79 Å². The second-order valence-corrected chi connectivity index (χ2v) is 11.2. The molecule has 202 valence electrons. The number of rotatable bonds is 16. The first-order chi connectivity index (χ1) is 19.2. The highest BCUT2D eigenvalue weighted by atomic mass is 32.1. The predicted molar refractivity (Wildman–Crippen MR) is 160 cm³/mol. The molecule has 2 aromatic heterocycles. The van der Waals surface area contributed by atoms with Gasteiger partial charge in [0, 0.05) is 18.8 Å². The van der Waals surface area contributed by atoms with E-state index in [1.807, 2.05) is 42.5 Å². The number of nitriles is 1. The minimum atomic E-state index is 0.440. The van der Waals surface area contributed by atoms with E-state index in [0.717, 1.165) is 58.9 Å². The van der Waals surface area contributed by atoms with Crippen LogP contribution in [0.1, 0.15) is 60.7 Å². The zero-order valence-electron chi connectivity index (χ0n) is 22.2. The number of thiazole rings is 1. The van der Waals surface area contributed by atoms with Crippen molar-refractivity contribution in [3.63, 3.8) is 0 Å². The number of carbonyl (C=O) groups excluding carboxylic acids is 1. The third kappa shape index (κ3) is 8.70. The third-order valence-electron chi connectivity index (χ3n) is 6.36. The van der Waals surface area contributed by atoms with Gasteiger partial charge in [0.2, 0.25) is 5.13 Å². The van der Waals surface area contributed by atoms with E-state index < -0.39 is 0 Å². The molecule has 0 atom stereocenters. The number of unbranched alkanes of at least 4 members (excludes halogenated alkanes) is 5. The Kier molecular flexibility index (Phi) is 11.0. The van der Waals surface area contributed by atoms with Crippen LogP contribution in [0.25, 0.3) is 9.53 Å². The van der Waals surface area contributed by atoms with Gasteiger partial charge in [-0.25, -0.2) is 4.98 Å². The summed E-state index contributed by atoms with van der Waals surface area (Å²) in [6.45, 7) is 4.94. The Hall–Kier alpha value is -3.61. The van der Waals surface area contributed by atoms with Crippen LogP contribution in [0.5, 0.6) is 5.75 Å². The number of carbonyl (C=O) groups is 1. The highest BCUT2D eigenvalue weighted by Gasteiger charge is 2.08. The molecule has 0 saturated carbocycles. The van der Waals surface area contributed by atoms with Crippen LogP contribution in [0, 0.1) is 11.3 Å². The largest absolute Gasteiger partial charge is 0.494 e. The lowest BCUT2D eigenvalue weighted by Gasteiger charge is -2.23. The Morgan fingerprint density at radius 2 is 1.72 bits per heavy atom. The molecule has 2 aromatic carbocycles. The van der Waals surface area contributed by atoms with E-state index in [1.54, 1.807) is 0 Å². The van der Waals surface area contributed by atoms with Crippen molar-refractivity contribution in [1.82, 2.24) is 4.98 Å². The normalized spacial score (nSPS) is 11.2. The number of anilines is 1. The number of hydrogen-bond acceptors (Lipinski definition) is 9. The average molecular weight is 560 g/mol. The zero-order valence-corrected chi connectivity index (χ0v) is 23.8. The Labute approximate surface area is 237 Å². The molecule has 0 saturated heterocycles. The number of fused-ring (bicyclic) bond motifs is 1. The highest BCUT2D eigenvalue weighted by Crippen LogP contribution is 2.34. The fourth-order valence-corrected chi connectivity index (χ4v) is 6.10. The van der Waals surface area contributed by atoms with Gasteiger partial charge in [-0.05, 0) is 67.8 Å². The van der Waals surface area contributed by atoms with Gasteiger partial charge in [-0.1, -0.05) is 49.2 Å². The first kappa shape index (κ1) is 28.4. The van der Waals surface area contributed by atoms with Gasteiger partial charge >= 0.3 is 0 Å². The number of hydrogen-bond donors (Lipinski definition) is 0. The number of azo groups is 1. The summed E-state index contributed by atoms with van der Waals surface area (Å²) in [6.07, 6.45) is 8.40. The summed E-state index contributed by atoms with van der Waals surface area (Å²) in [5.41, 5.74) is 3.02. The number of benzene rings is 2. The molecule has 0 aliphatic heterocycles. The van der Waals surface area contributed by atoms with Crippen LogP contribution in [0.2, 0.25) is 0 Å². The van der Waals surface area contributed by atoms with Crippen LogP contribution in [-0.2, 0) is 6.42 Å². The molecule has 0 amide bonds. The second-order valence-electron chi connectivity index (χ2n) is 9.18. The van der Waals surface area contributed by atoms with Crippen molar-refractivity contribution in [2.45, 2.75) is 51.9 Å². The summed E-state index contributed by atoms with van der Waals surface area (Å²) in [6, 6.07) is 20.0. The molecule has 2 heterocycles. The van der Waals surface area contributed by atoms with Gasteiger partial charge in [-0.15, -0.1) is 21.6 Å². The van der Waals surface area contributed by atoms with Gasteiger partial charge in [-0.2, -0.15) is 5.26 Å². The molecule has 0 radical (unpaired) electrons. The van der Waals surface area contributed by atoms with Crippen molar-refractivity contribution in [2.75, 3.05) is 24.6 Å². The molecule has 0 bridgehead atoms. The number of aldehydes is 1. The molecule has 4 rings (SSSR count). The highest BCUT2D eigenvalue weighted by molar-refractivity contribution is 7.29. The summed E-state index contributed by atoms with van der Waals surface area (Å²) in [4.78, 5) is 19.2. The molecule has 0 spiro atoms. The maximum absolute atomic E-state index is 10.9. The monoisotopic (exact) mass is 559 g/mol. The summed E-state index contributed by atoms with van der Waals surface area (Å²) in [7, 11) is 0. The van der Waals surface area contributed by atoms with E-state index >= 15 is 0 Å². The first-order valence-corrected chi connectivity index (χ1v) is 15.0. The molecule has 0 fully saturated rings. The summed E-state index contributed by atoms with van der Waals surface area (Å²) < 4.78 is 6.78. The molecule has 39 heavy (non-hydrogen) atoms. The quantitative estimate of drug-likeness (QED) is 0.0776. The van der Waals surface area contributed by atoms with E-state index in [0.29, 0.717) is 16.4 Å². The van der Waals surface area contributed by atoms with Gasteiger partial charge in [-0.3, -0.25) is 4.79 Å². The third-order valence-corrected chi connectivity index (χ3v) is 8.33. The van der Waals surface area contributed by atoms with Crippen molar-refractivity contribution in [2.24, 2.45) is 10.2 Å². The van der Waals surface area contributed by atoms with Crippen molar-refractivity contribution < 1.29 is 9.53 Å². The van der Waals surface area contributed by atoms with E-state index in [1.165, 1.54) is 60.5 Å². The fraction of sp³-hybridized carbons (Fsp3) is 0.367. The van der Waals surface area contributed by atoms with Crippen LogP contribution in [0.3, 0.4) is 0 Å². The number of thiophene rings is 1. The number of ether oxygens (including phenoxy) is 1. The minimum Gasteiger partial charge on any atom is -0.494 e. The molecule has 0 aliphatic carbocycles. The van der Waals surface area contributed by atoms with Crippen LogP contribution >= 0.6 is 22.7 Å². The van der Waals surface area contributed by atoms with Gasteiger partial charge in [0.05, 0.1) is 34.4 Å². The van der Waals surface area contributed by atoms with Gasteiger partial charge in [0.25, 0.3) is 0 Å². The number of aromatic nitrogens is 1. The zero-order chi connectivity index (χ0) is 27.3. The van der Waals surface area contributed by atoms with E-state index in [2.05, 4.69) is 45.2 Å². The molecule has 7 nitrogen and oxygen atoms in total. The molecular weight excluding hydrogens is 526 g/mol. The summed E-state index contributed by atoms with van der Waals surface area (Å²) >= 11 is 2.81. The lowest BCUT2D eigenvalue weighted by atomic mass is 10.1. The van der Waals surface area contributed by atoms with E-state index in [4.69, 9.17) is 10.00 Å². The molecule has 0 aliphatic rings. The Morgan fingerprint density at radius 1 is 0.974 bits per heavy atom. The summed E-state index contributed by atoms with van der Waals surface area (Å²) in [5, 5.41) is 18.0. The van der Waals surface area contributed by atoms with E-state index in [-0.39, 0.29) is 0 Å². The van der Waals surface area contributed by atoms with Crippen LogP contribution in [0.15, 0.2) is 64.8 Å². The standard InChI is InChI=1S/C30H33N5O2S2/c1-2-35(19-7-5-3-4-6-8-20-37-26-15-9-23(10-16-26)17-18-31)25-13-11-24(12-14-25)33-34-30-32-29-28(39-30)21-27(22-36)38-29/h9-16,21-22H,2-8,17,19-20H2,1H3. The Morgan fingerprint density at radius 3 is 2.41 bits per heavy atom. The smallest absolute Gasteiger partial charge is 0.231 e. The average Bonchev–Trinajstić information content (AvgIpc) is 3.53. The fourth-order valence-electron chi connectivity index (χ4n) is 4.24. The molecule has 9 heteroatoms. The Bertz CT molecular complexity index is 1360. The maximum atomic E-state index is 10.9. The molecule has 0 N–H and O–H groups in total. The molecule has 4 aromatic rings. The summed E-state index contributed by atoms with van der Waals surface area (Å²) in [5.74, 6) is 0.877. The maximum Gasteiger partial charge on any atom is 0.231 e. The molecule has 0 unspecified atom stereocenters. The van der Waals surface area contributed by atoms with Gasteiger partial charge < -0.3 is 9.64 Å². The first-order valence-electron chi connectivity index (χ1n) is 13.4. The van der Waals surface area contributed by atoms with Crippen molar-refractivity contribution in [3.05, 3.63) is 65.0 Å². The van der Waals surface area contributed by atoms with Gasteiger partial charge in [0.15, 0.2) is 6.29 Å². The van der Waals surface area contributed by atoms with Crippen LogP contribution < -0.4 is 9.64 Å².